The highest BCUT2D eigenvalue weighted by Crippen LogP contribution is 2.36. The molecule has 6 nitrogen and oxygen atoms in total. The lowest BCUT2D eigenvalue weighted by Crippen LogP contribution is -2.42. The van der Waals surface area contributed by atoms with Crippen molar-refractivity contribution in [1.29, 1.82) is 0 Å². The first kappa shape index (κ1) is 17.7. The number of hydrogen-bond acceptors (Lipinski definition) is 5. The van der Waals surface area contributed by atoms with Gasteiger partial charge in [0.1, 0.15) is 10.7 Å². The highest BCUT2D eigenvalue weighted by molar-refractivity contribution is 7.18. The number of aromatic amines is 1. The van der Waals surface area contributed by atoms with Crippen molar-refractivity contribution in [3.05, 3.63) is 26.6 Å². The number of H-pyrrole nitrogens is 1. The quantitative estimate of drug-likeness (QED) is 0.863. The molecule has 1 aliphatic carbocycles. The van der Waals surface area contributed by atoms with E-state index in [-0.39, 0.29) is 23.4 Å². The summed E-state index contributed by atoms with van der Waals surface area (Å²) in [6, 6.07) is -0.0349. The molecule has 1 amide bonds. The van der Waals surface area contributed by atoms with Crippen LogP contribution in [0.4, 0.5) is 0 Å². The van der Waals surface area contributed by atoms with E-state index in [9.17, 15) is 9.59 Å². The molecule has 2 aromatic rings. The van der Waals surface area contributed by atoms with Crippen molar-refractivity contribution in [1.82, 2.24) is 14.9 Å². The number of carbonyl (C=O) groups is 1. The maximum Gasteiger partial charge on any atom is 0.259 e. The minimum absolute atomic E-state index is 0.0210. The Morgan fingerprint density at radius 2 is 2.23 bits per heavy atom. The lowest BCUT2D eigenvalue weighted by Gasteiger charge is -2.35. The molecule has 140 valence electrons. The van der Waals surface area contributed by atoms with Gasteiger partial charge in [-0.05, 0) is 57.1 Å². The molecule has 2 aromatic heterocycles. The molecule has 2 aliphatic rings. The van der Waals surface area contributed by atoms with Gasteiger partial charge < -0.3 is 10.7 Å². The standard InChI is InChI=1S/C19H26N4O2S/c1-10-5-6-13-14(8-10)26-19-15(13)18(25)21-17(22-19)11(2)23-7-3-4-12(9-23)16(20)24/h10-12H,3-9H2,1-2H3,(H2,20,24)(H,21,22,25)/t10-,11+,12-/m0/s1. The number of fused-ring (bicyclic) bond motifs is 3. The van der Waals surface area contributed by atoms with Crippen LogP contribution < -0.4 is 11.3 Å². The molecule has 7 heteroatoms. The van der Waals surface area contributed by atoms with Gasteiger partial charge in [0.15, 0.2) is 0 Å². The third kappa shape index (κ3) is 3.07. The van der Waals surface area contributed by atoms with Crippen LogP contribution in [0.5, 0.6) is 0 Å². The summed E-state index contributed by atoms with van der Waals surface area (Å²) in [6.07, 6.45) is 4.95. The second-order valence-corrected chi connectivity index (χ2v) is 8.98. The van der Waals surface area contributed by atoms with E-state index in [1.807, 2.05) is 6.92 Å². The average Bonchev–Trinajstić information content (AvgIpc) is 2.98. The van der Waals surface area contributed by atoms with E-state index in [0.717, 1.165) is 48.9 Å². The normalized spacial score (nSPS) is 25.2. The topological polar surface area (TPSA) is 92.1 Å². The summed E-state index contributed by atoms with van der Waals surface area (Å²) in [5.74, 6) is 1.02. The van der Waals surface area contributed by atoms with Crippen LogP contribution >= 0.6 is 11.3 Å². The molecule has 0 aromatic carbocycles. The fourth-order valence-electron chi connectivity index (χ4n) is 4.33. The molecule has 1 aliphatic heterocycles. The molecule has 3 N–H and O–H groups in total. The molecule has 0 saturated carbocycles. The van der Waals surface area contributed by atoms with Crippen LogP contribution in [-0.2, 0) is 17.6 Å². The van der Waals surface area contributed by atoms with E-state index in [1.54, 1.807) is 11.3 Å². The summed E-state index contributed by atoms with van der Waals surface area (Å²) in [6.45, 7) is 5.84. The number of aromatic nitrogens is 2. The van der Waals surface area contributed by atoms with E-state index in [1.165, 1.54) is 10.4 Å². The number of primary amides is 1. The van der Waals surface area contributed by atoms with Crippen molar-refractivity contribution in [2.75, 3.05) is 13.1 Å². The number of aryl methyl sites for hydroxylation is 1. The van der Waals surface area contributed by atoms with E-state index in [2.05, 4.69) is 16.8 Å². The molecule has 3 atom stereocenters. The van der Waals surface area contributed by atoms with Gasteiger partial charge in [0.05, 0.1) is 17.3 Å². The number of hydrogen-bond donors (Lipinski definition) is 2. The number of rotatable bonds is 3. The maximum absolute atomic E-state index is 12.8. The van der Waals surface area contributed by atoms with Crippen LogP contribution in [0.15, 0.2) is 4.79 Å². The molecule has 26 heavy (non-hydrogen) atoms. The van der Waals surface area contributed by atoms with Gasteiger partial charge in [0.2, 0.25) is 5.91 Å². The van der Waals surface area contributed by atoms with Gasteiger partial charge in [0, 0.05) is 11.4 Å². The Hall–Kier alpha value is -1.73. The van der Waals surface area contributed by atoms with Gasteiger partial charge in [-0.3, -0.25) is 14.5 Å². The van der Waals surface area contributed by atoms with E-state index >= 15 is 0 Å². The zero-order chi connectivity index (χ0) is 18.4. The summed E-state index contributed by atoms with van der Waals surface area (Å²) < 4.78 is 0. The molecule has 1 fully saturated rings. The summed E-state index contributed by atoms with van der Waals surface area (Å²) in [5, 5.41) is 0.793. The molecule has 0 unspecified atom stereocenters. The lowest BCUT2D eigenvalue weighted by molar-refractivity contribution is -0.123. The number of thiophene rings is 1. The first-order valence-electron chi connectivity index (χ1n) is 9.52. The van der Waals surface area contributed by atoms with Gasteiger partial charge in [-0.15, -0.1) is 11.3 Å². The minimum Gasteiger partial charge on any atom is -0.369 e. The first-order chi connectivity index (χ1) is 12.4. The summed E-state index contributed by atoms with van der Waals surface area (Å²) >= 11 is 1.68. The number of nitrogens with one attached hydrogen (secondary N) is 1. The number of carbonyl (C=O) groups excluding carboxylic acids is 1. The Balaban J connectivity index is 1.67. The lowest BCUT2D eigenvalue weighted by atomic mass is 9.89. The molecule has 3 heterocycles. The largest absolute Gasteiger partial charge is 0.369 e. The molecular formula is C19H26N4O2S. The number of amides is 1. The predicted molar refractivity (Wildman–Crippen MR) is 103 cm³/mol. The average molecular weight is 375 g/mol. The van der Waals surface area contributed by atoms with Crippen molar-refractivity contribution in [2.24, 2.45) is 17.6 Å². The predicted octanol–water partition coefficient (Wildman–Crippen LogP) is 2.37. The Morgan fingerprint density at radius 1 is 1.42 bits per heavy atom. The summed E-state index contributed by atoms with van der Waals surface area (Å²) in [5.41, 5.74) is 6.69. The van der Waals surface area contributed by atoms with Gasteiger partial charge >= 0.3 is 0 Å². The van der Waals surface area contributed by atoms with E-state index < -0.39 is 0 Å². The Kier molecular flexibility index (Phi) is 4.61. The van der Waals surface area contributed by atoms with Gasteiger partial charge in [-0.2, -0.15) is 0 Å². The highest BCUT2D eigenvalue weighted by atomic mass is 32.1. The zero-order valence-electron chi connectivity index (χ0n) is 15.4. The van der Waals surface area contributed by atoms with E-state index in [0.29, 0.717) is 18.3 Å². The maximum atomic E-state index is 12.8. The number of piperidine rings is 1. The Morgan fingerprint density at radius 3 is 3.00 bits per heavy atom. The third-order valence-electron chi connectivity index (χ3n) is 5.98. The summed E-state index contributed by atoms with van der Waals surface area (Å²) in [4.78, 5) is 36.6. The number of nitrogens with zero attached hydrogens (tertiary/aromatic N) is 2. The Bertz CT molecular complexity index is 903. The highest BCUT2D eigenvalue weighted by Gasteiger charge is 2.29. The van der Waals surface area contributed by atoms with Crippen molar-refractivity contribution < 1.29 is 4.79 Å². The van der Waals surface area contributed by atoms with Crippen LogP contribution in [0.1, 0.15) is 55.4 Å². The zero-order valence-corrected chi connectivity index (χ0v) is 16.2. The fraction of sp³-hybridized carbons (Fsp3) is 0.632. The summed E-state index contributed by atoms with van der Waals surface area (Å²) in [7, 11) is 0. The van der Waals surface area contributed by atoms with Crippen molar-refractivity contribution in [2.45, 2.75) is 52.0 Å². The van der Waals surface area contributed by atoms with Crippen molar-refractivity contribution in [3.63, 3.8) is 0 Å². The molecule has 1 saturated heterocycles. The molecule has 0 spiro atoms. The van der Waals surface area contributed by atoms with Crippen molar-refractivity contribution >= 4 is 27.5 Å². The van der Waals surface area contributed by atoms with Gasteiger partial charge in [-0.1, -0.05) is 6.92 Å². The van der Waals surface area contributed by atoms with Crippen LogP contribution in [0.2, 0.25) is 0 Å². The molecular weight excluding hydrogens is 348 g/mol. The number of nitrogens with two attached hydrogens (primary N) is 1. The molecule has 0 bridgehead atoms. The second-order valence-electron chi connectivity index (χ2n) is 7.90. The van der Waals surface area contributed by atoms with E-state index in [4.69, 9.17) is 10.7 Å². The van der Waals surface area contributed by atoms with Crippen LogP contribution in [0.25, 0.3) is 10.2 Å². The SMILES string of the molecule is C[C@H]1CCc2c(sc3nc([C@@H](C)N4CCC[C@H](C(N)=O)C4)[nH]c(=O)c23)C1. The minimum atomic E-state index is -0.237. The molecule has 4 rings (SSSR count). The van der Waals surface area contributed by atoms with Crippen LogP contribution in [0.3, 0.4) is 0 Å². The van der Waals surface area contributed by atoms with Gasteiger partial charge in [-0.25, -0.2) is 4.98 Å². The first-order valence-corrected chi connectivity index (χ1v) is 10.3. The smallest absolute Gasteiger partial charge is 0.259 e. The fourth-order valence-corrected chi connectivity index (χ4v) is 5.72. The Labute approximate surface area is 156 Å². The monoisotopic (exact) mass is 374 g/mol. The van der Waals surface area contributed by atoms with Crippen molar-refractivity contribution in [3.8, 4) is 0 Å². The van der Waals surface area contributed by atoms with Gasteiger partial charge in [0.25, 0.3) is 5.56 Å². The number of likely N-dealkylation sites (tertiary alicyclic amines) is 1. The molecule has 0 radical (unpaired) electrons. The van der Waals surface area contributed by atoms with Crippen LogP contribution in [0, 0.1) is 11.8 Å². The second kappa shape index (κ2) is 6.78. The third-order valence-corrected chi connectivity index (χ3v) is 7.13. The van der Waals surface area contributed by atoms with Crippen LogP contribution in [-0.4, -0.2) is 33.9 Å².